The Bertz CT molecular complexity index is 1250. The minimum absolute atomic E-state index is 0.214. The van der Waals surface area contributed by atoms with E-state index < -0.39 is 0 Å². The fourth-order valence-corrected chi connectivity index (χ4v) is 5.24. The number of carbonyl (C=O) groups is 1. The maximum absolute atomic E-state index is 13.8. The summed E-state index contributed by atoms with van der Waals surface area (Å²) in [5, 5.41) is 7.40. The van der Waals surface area contributed by atoms with Gasteiger partial charge in [-0.15, -0.1) is 23.1 Å². The molecule has 0 unspecified atom stereocenters. The summed E-state index contributed by atoms with van der Waals surface area (Å²) in [5.74, 6) is 1.03. The summed E-state index contributed by atoms with van der Waals surface area (Å²) in [7, 11) is 0. The Balaban J connectivity index is 1.44. The van der Waals surface area contributed by atoms with Gasteiger partial charge in [0.15, 0.2) is 5.13 Å². The van der Waals surface area contributed by atoms with Crippen LogP contribution in [0.25, 0.3) is 0 Å². The minimum Gasteiger partial charge on any atom is -0.361 e. The van der Waals surface area contributed by atoms with Crippen LogP contribution in [0.3, 0.4) is 0 Å². The molecule has 2 aromatic carbocycles. The zero-order chi connectivity index (χ0) is 22.7. The number of nitrogens with one attached hydrogen (secondary N) is 1. The van der Waals surface area contributed by atoms with E-state index in [-0.39, 0.29) is 11.7 Å². The zero-order valence-electron chi connectivity index (χ0n) is 17.9. The molecule has 0 aliphatic heterocycles. The third-order valence-electron chi connectivity index (χ3n) is 5.07. The number of rotatable bonds is 7. The van der Waals surface area contributed by atoms with Crippen LogP contribution in [0.5, 0.6) is 0 Å². The number of aromatic nitrogens is 2. The molecule has 164 valence electrons. The Morgan fingerprint density at radius 1 is 1.19 bits per heavy atom. The first-order valence-electron chi connectivity index (χ1n) is 10.1. The minimum atomic E-state index is -0.216. The Labute approximate surface area is 194 Å². The molecular weight excluding hydrogens is 445 g/mol. The summed E-state index contributed by atoms with van der Waals surface area (Å²) < 4.78 is 19.0. The van der Waals surface area contributed by atoms with Gasteiger partial charge >= 0.3 is 0 Å². The number of aryl methyl sites for hydroxylation is 3. The predicted molar refractivity (Wildman–Crippen MR) is 126 cm³/mol. The first-order valence-corrected chi connectivity index (χ1v) is 11.9. The average Bonchev–Trinajstić information content (AvgIpc) is 3.35. The van der Waals surface area contributed by atoms with Gasteiger partial charge in [0, 0.05) is 33.7 Å². The van der Waals surface area contributed by atoms with Gasteiger partial charge < -0.3 is 4.52 Å². The number of hydrogen-bond acceptors (Lipinski definition) is 6. The third-order valence-corrected chi connectivity index (χ3v) is 7.09. The van der Waals surface area contributed by atoms with Crippen molar-refractivity contribution in [3.8, 4) is 0 Å². The average molecular weight is 468 g/mol. The van der Waals surface area contributed by atoms with Crippen molar-refractivity contribution in [2.24, 2.45) is 0 Å². The lowest BCUT2D eigenvalue weighted by Crippen LogP contribution is -2.12. The fraction of sp³-hybridized carbons (Fsp3) is 0.208. The molecule has 2 aromatic heterocycles. The quantitative estimate of drug-likeness (QED) is 0.322. The van der Waals surface area contributed by atoms with Crippen LogP contribution < -0.4 is 5.32 Å². The summed E-state index contributed by atoms with van der Waals surface area (Å²) in [6.07, 6.45) is 2.28. The Morgan fingerprint density at radius 2 is 2.00 bits per heavy atom. The standard InChI is InChI=1S/C24H22FN3O2S2/c1-14-8-9-17(11-21(14)25)10-18-12-26-24(32-18)27-23(29)19-6-4-5-7-22(19)31-13-20-15(2)28-30-16(20)3/h4-9,11-12H,10,13H2,1-3H3,(H,26,27,29). The topological polar surface area (TPSA) is 68.0 Å². The molecule has 0 radical (unpaired) electrons. The van der Waals surface area contributed by atoms with Crippen molar-refractivity contribution in [1.82, 2.24) is 10.1 Å². The van der Waals surface area contributed by atoms with Crippen LogP contribution in [-0.4, -0.2) is 16.0 Å². The molecule has 0 fully saturated rings. The van der Waals surface area contributed by atoms with Crippen molar-refractivity contribution in [2.45, 2.75) is 37.8 Å². The van der Waals surface area contributed by atoms with Crippen molar-refractivity contribution in [2.75, 3.05) is 5.32 Å². The zero-order valence-corrected chi connectivity index (χ0v) is 19.6. The van der Waals surface area contributed by atoms with Crippen LogP contribution in [0.15, 0.2) is 58.1 Å². The van der Waals surface area contributed by atoms with Crippen LogP contribution in [0.1, 0.15) is 43.4 Å². The molecule has 0 spiro atoms. The molecular formula is C24H22FN3O2S2. The highest BCUT2D eigenvalue weighted by atomic mass is 32.2. The molecule has 5 nitrogen and oxygen atoms in total. The number of hydrogen-bond donors (Lipinski definition) is 1. The number of amides is 1. The first-order chi connectivity index (χ1) is 15.4. The number of nitrogens with zero attached hydrogens (tertiary/aromatic N) is 2. The van der Waals surface area contributed by atoms with E-state index in [1.807, 2.05) is 38.1 Å². The molecule has 4 aromatic rings. The SMILES string of the molecule is Cc1ccc(Cc2cnc(NC(=O)c3ccccc3SCc3c(C)noc3C)s2)cc1F. The summed E-state index contributed by atoms with van der Waals surface area (Å²) in [4.78, 5) is 19.1. The van der Waals surface area contributed by atoms with Crippen LogP contribution in [0.4, 0.5) is 9.52 Å². The molecule has 32 heavy (non-hydrogen) atoms. The van der Waals surface area contributed by atoms with Crippen LogP contribution in [0, 0.1) is 26.6 Å². The molecule has 0 saturated carbocycles. The monoisotopic (exact) mass is 467 g/mol. The summed E-state index contributed by atoms with van der Waals surface area (Å²) in [5.41, 5.74) is 3.98. The highest BCUT2D eigenvalue weighted by molar-refractivity contribution is 7.98. The molecule has 0 aliphatic carbocycles. The van der Waals surface area contributed by atoms with Gasteiger partial charge in [-0.3, -0.25) is 10.1 Å². The molecule has 4 rings (SSSR count). The van der Waals surface area contributed by atoms with E-state index >= 15 is 0 Å². The number of carbonyl (C=O) groups excluding carboxylic acids is 1. The van der Waals surface area contributed by atoms with E-state index in [0.717, 1.165) is 32.4 Å². The second-order valence-electron chi connectivity index (χ2n) is 7.43. The number of thiazole rings is 1. The van der Waals surface area contributed by atoms with Gasteiger partial charge in [0.05, 0.1) is 11.3 Å². The Hall–Kier alpha value is -2.97. The third kappa shape index (κ3) is 5.08. The molecule has 0 bridgehead atoms. The van der Waals surface area contributed by atoms with Crippen molar-refractivity contribution >= 4 is 34.1 Å². The second kappa shape index (κ2) is 9.67. The highest BCUT2D eigenvalue weighted by Crippen LogP contribution is 2.30. The van der Waals surface area contributed by atoms with Crippen molar-refractivity contribution in [3.05, 3.63) is 93.1 Å². The second-order valence-corrected chi connectivity index (χ2v) is 9.57. The Kier molecular flexibility index (Phi) is 6.72. The maximum Gasteiger partial charge on any atom is 0.258 e. The Morgan fingerprint density at radius 3 is 2.75 bits per heavy atom. The van der Waals surface area contributed by atoms with E-state index in [4.69, 9.17) is 4.52 Å². The van der Waals surface area contributed by atoms with E-state index in [9.17, 15) is 9.18 Å². The predicted octanol–water partition coefficient (Wildman–Crippen LogP) is 6.33. The number of halogens is 1. The molecule has 0 aliphatic rings. The summed E-state index contributed by atoms with van der Waals surface area (Å²) >= 11 is 2.96. The lowest BCUT2D eigenvalue weighted by Gasteiger charge is -2.08. The van der Waals surface area contributed by atoms with Crippen LogP contribution in [0.2, 0.25) is 0 Å². The van der Waals surface area contributed by atoms with Gasteiger partial charge in [-0.05, 0) is 50.1 Å². The van der Waals surface area contributed by atoms with E-state index in [2.05, 4.69) is 15.5 Å². The lowest BCUT2D eigenvalue weighted by molar-refractivity contribution is 0.102. The maximum atomic E-state index is 13.8. The summed E-state index contributed by atoms with van der Waals surface area (Å²) in [6, 6.07) is 12.7. The van der Waals surface area contributed by atoms with Crippen molar-refractivity contribution in [1.29, 1.82) is 0 Å². The van der Waals surface area contributed by atoms with Crippen LogP contribution in [-0.2, 0) is 12.2 Å². The van der Waals surface area contributed by atoms with E-state index in [1.165, 1.54) is 11.3 Å². The number of benzene rings is 2. The molecule has 2 heterocycles. The van der Waals surface area contributed by atoms with Gasteiger partial charge in [-0.1, -0.05) is 29.4 Å². The first kappa shape index (κ1) is 22.2. The molecule has 0 atom stereocenters. The van der Waals surface area contributed by atoms with E-state index in [1.54, 1.807) is 43.1 Å². The molecule has 8 heteroatoms. The fourth-order valence-electron chi connectivity index (χ4n) is 3.20. The molecule has 1 amide bonds. The van der Waals surface area contributed by atoms with Crippen molar-refractivity contribution in [3.63, 3.8) is 0 Å². The number of thioether (sulfide) groups is 1. The lowest BCUT2D eigenvalue weighted by atomic mass is 10.1. The van der Waals surface area contributed by atoms with Gasteiger partial charge in [0.2, 0.25) is 0 Å². The van der Waals surface area contributed by atoms with Crippen molar-refractivity contribution < 1.29 is 13.7 Å². The van der Waals surface area contributed by atoms with Gasteiger partial charge in [0.1, 0.15) is 11.6 Å². The summed E-state index contributed by atoms with van der Waals surface area (Å²) in [6.45, 7) is 5.54. The largest absolute Gasteiger partial charge is 0.361 e. The number of anilines is 1. The smallest absolute Gasteiger partial charge is 0.258 e. The highest BCUT2D eigenvalue weighted by Gasteiger charge is 2.16. The molecule has 1 N–H and O–H groups in total. The molecule has 0 saturated heterocycles. The van der Waals surface area contributed by atoms with Gasteiger partial charge in [-0.25, -0.2) is 9.37 Å². The van der Waals surface area contributed by atoms with E-state index in [0.29, 0.717) is 28.4 Å². The van der Waals surface area contributed by atoms with Crippen LogP contribution >= 0.6 is 23.1 Å². The van der Waals surface area contributed by atoms with Gasteiger partial charge in [-0.2, -0.15) is 0 Å². The normalized spacial score (nSPS) is 11.0. The van der Waals surface area contributed by atoms with Gasteiger partial charge in [0.25, 0.3) is 5.91 Å².